The third-order valence-corrected chi connectivity index (χ3v) is 4.88. The van der Waals surface area contributed by atoms with Crippen LogP contribution in [0.15, 0.2) is 22.9 Å². The number of hydrogen-bond acceptors (Lipinski definition) is 5. The van der Waals surface area contributed by atoms with Crippen LogP contribution in [-0.4, -0.2) is 16.3 Å². The molecule has 0 saturated heterocycles. The summed E-state index contributed by atoms with van der Waals surface area (Å²) in [4.78, 5) is 10.9. The first kappa shape index (κ1) is 15.3. The largest absolute Gasteiger partial charge is 0.476 e. The molecule has 0 atom stereocenters. The van der Waals surface area contributed by atoms with Gasteiger partial charge in [-0.1, -0.05) is 23.2 Å². The number of benzene rings is 1. The molecule has 5 nitrogen and oxygen atoms in total. The lowest BCUT2D eigenvalue weighted by Gasteiger charge is -2.11. The molecule has 20 heavy (non-hydrogen) atoms. The Morgan fingerprint density at radius 3 is 2.20 bits per heavy atom. The van der Waals surface area contributed by atoms with Crippen LogP contribution in [0.3, 0.4) is 0 Å². The molecule has 108 valence electrons. The molecule has 0 bridgehead atoms. The molecule has 1 aromatic carbocycles. The third-order valence-electron chi connectivity index (χ3n) is 3.04. The van der Waals surface area contributed by atoms with E-state index in [1.54, 1.807) is 0 Å². The van der Waals surface area contributed by atoms with Crippen LogP contribution in [0.25, 0.3) is 0 Å². The van der Waals surface area contributed by atoms with Gasteiger partial charge in [0, 0.05) is 5.25 Å². The van der Waals surface area contributed by atoms with Gasteiger partial charge in [0.25, 0.3) is 0 Å². The molecule has 0 radical (unpaired) electrons. The summed E-state index contributed by atoms with van der Waals surface area (Å²) >= 11 is 13.3. The van der Waals surface area contributed by atoms with Gasteiger partial charge in [0.1, 0.15) is 0 Å². The Kier molecular flexibility index (Phi) is 4.70. The number of rotatable bonds is 4. The van der Waals surface area contributed by atoms with Crippen LogP contribution in [0.4, 0.5) is 0 Å². The molecule has 0 aliphatic heterocycles. The Bertz CT molecular complexity index is 561. The summed E-state index contributed by atoms with van der Waals surface area (Å²) in [5.41, 5.74) is 9.91. The maximum Gasteiger partial charge on any atom is 0.356 e. The molecule has 2 rings (SSSR count). The van der Waals surface area contributed by atoms with E-state index in [9.17, 15) is 4.79 Å². The normalized spacial score (nSPS) is 15.8. The zero-order valence-corrected chi connectivity index (χ0v) is 12.6. The summed E-state index contributed by atoms with van der Waals surface area (Å²) in [5.74, 6) is 3.97. The van der Waals surface area contributed by atoms with E-state index in [4.69, 9.17) is 39.9 Å². The summed E-state index contributed by atoms with van der Waals surface area (Å²) < 4.78 is 0. The average Bonchev–Trinajstić information content (AvgIpc) is 2.71. The van der Waals surface area contributed by atoms with Gasteiger partial charge in [0.15, 0.2) is 5.70 Å². The first-order chi connectivity index (χ1) is 9.42. The van der Waals surface area contributed by atoms with Gasteiger partial charge in [-0.3, -0.25) is 5.84 Å². The zero-order chi connectivity index (χ0) is 14.9. The molecule has 1 aliphatic carbocycles. The van der Waals surface area contributed by atoms with Crippen molar-refractivity contribution in [3.8, 4) is 0 Å². The number of fused-ring (bicyclic) bond motifs is 1. The van der Waals surface area contributed by atoms with Crippen LogP contribution < -0.4 is 17.0 Å². The van der Waals surface area contributed by atoms with Crippen LogP contribution >= 0.6 is 35.0 Å². The number of thioether (sulfide) groups is 1. The second-order valence-corrected chi connectivity index (χ2v) is 6.53. The molecule has 8 heteroatoms. The Morgan fingerprint density at radius 1 is 1.30 bits per heavy atom. The van der Waals surface area contributed by atoms with Crippen molar-refractivity contribution in [2.45, 2.75) is 18.1 Å². The van der Waals surface area contributed by atoms with Crippen molar-refractivity contribution >= 4 is 40.9 Å². The lowest BCUT2D eigenvalue weighted by atomic mass is 10.1. The van der Waals surface area contributed by atoms with E-state index >= 15 is 0 Å². The van der Waals surface area contributed by atoms with Crippen molar-refractivity contribution in [2.24, 2.45) is 11.6 Å². The van der Waals surface area contributed by atoms with Crippen molar-refractivity contribution in [3.63, 3.8) is 0 Å². The fourth-order valence-corrected chi connectivity index (χ4v) is 3.65. The fraction of sp³-hybridized carbons (Fsp3) is 0.250. The van der Waals surface area contributed by atoms with Crippen molar-refractivity contribution in [3.05, 3.63) is 44.0 Å². The fourth-order valence-electron chi connectivity index (χ4n) is 2.13. The Hall–Kier alpha value is -1.08. The molecule has 0 saturated carbocycles. The van der Waals surface area contributed by atoms with Gasteiger partial charge >= 0.3 is 5.97 Å². The number of carbonyl (C=O) groups is 1. The highest BCUT2D eigenvalue weighted by Crippen LogP contribution is 2.36. The van der Waals surface area contributed by atoms with Crippen LogP contribution in [0.1, 0.15) is 11.1 Å². The van der Waals surface area contributed by atoms with Crippen LogP contribution in [-0.2, 0) is 17.6 Å². The lowest BCUT2D eigenvalue weighted by Crippen LogP contribution is -2.30. The Morgan fingerprint density at radius 2 is 1.80 bits per heavy atom. The minimum atomic E-state index is -1.18. The van der Waals surface area contributed by atoms with Gasteiger partial charge in [0.2, 0.25) is 0 Å². The van der Waals surface area contributed by atoms with Gasteiger partial charge in [-0.05, 0) is 36.1 Å². The number of hydrazine groups is 1. The van der Waals surface area contributed by atoms with E-state index in [2.05, 4.69) is 5.43 Å². The number of nitrogens with one attached hydrogen (secondary N) is 1. The number of halogens is 2. The highest BCUT2D eigenvalue weighted by atomic mass is 35.5. The van der Waals surface area contributed by atoms with Crippen molar-refractivity contribution in [2.75, 3.05) is 0 Å². The number of aliphatic carboxylic acids is 1. The van der Waals surface area contributed by atoms with Gasteiger partial charge in [-0.2, -0.15) is 0 Å². The first-order valence-electron chi connectivity index (χ1n) is 5.75. The smallest absolute Gasteiger partial charge is 0.356 e. The average molecular weight is 334 g/mol. The van der Waals surface area contributed by atoms with E-state index in [0.717, 1.165) is 24.0 Å². The van der Waals surface area contributed by atoms with Crippen LogP contribution in [0.2, 0.25) is 10.0 Å². The zero-order valence-electron chi connectivity index (χ0n) is 10.3. The summed E-state index contributed by atoms with van der Waals surface area (Å²) in [5, 5.41) is 10.3. The molecule has 0 amide bonds. The van der Waals surface area contributed by atoms with Gasteiger partial charge in [-0.25, -0.2) is 4.79 Å². The van der Waals surface area contributed by atoms with Gasteiger partial charge in [-0.15, -0.1) is 11.8 Å². The van der Waals surface area contributed by atoms with E-state index in [1.807, 2.05) is 12.1 Å². The predicted molar refractivity (Wildman–Crippen MR) is 81.4 cm³/mol. The second kappa shape index (κ2) is 6.13. The predicted octanol–water partition coefficient (Wildman–Crippen LogP) is 1.87. The van der Waals surface area contributed by atoms with E-state index in [-0.39, 0.29) is 16.0 Å². The maximum atomic E-state index is 10.9. The van der Waals surface area contributed by atoms with Crippen LogP contribution in [0, 0.1) is 0 Å². The molecular formula is C12H13Cl2N3O2S. The Labute approximate surface area is 130 Å². The molecule has 0 spiro atoms. The van der Waals surface area contributed by atoms with Crippen molar-refractivity contribution < 1.29 is 9.90 Å². The lowest BCUT2D eigenvalue weighted by molar-refractivity contribution is -0.133. The SMILES string of the molecule is NN/C(C(=O)O)=C(\N)SC1Cc2cc(Cl)c(Cl)cc2C1. The molecule has 6 N–H and O–H groups in total. The maximum absolute atomic E-state index is 10.9. The summed E-state index contributed by atoms with van der Waals surface area (Å²) in [6.07, 6.45) is 1.52. The highest BCUT2D eigenvalue weighted by molar-refractivity contribution is 8.03. The standard InChI is InChI=1S/C12H13Cl2N3O2S/c13-8-3-5-1-7(2-6(5)4-9(8)14)20-11(15)10(17-16)12(18)19/h3-4,7,17H,1-2,15-16H2,(H,18,19)/b11-10+. The molecule has 0 unspecified atom stereocenters. The topological polar surface area (TPSA) is 101 Å². The van der Waals surface area contributed by atoms with Crippen molar-refractivity contribution in [1.29, 1.82) is 0 Å². The summed E-state index contributed by atoms with van der Waals surface area (Å²) in [6.45, 7) is 0. The molecule has 1 aliphatic rings. The molecular weight excluding hydrogens is 321 g/mol. The highest BCUT2D eigenvalue weighted by Gasteiger charge is 2.25. The molecule has 0 fully saturated rings. The first-order valence-corrected chi connectivity index (χ1v) is 7.39. The number of carboxylic acids is 1. The minimum Gasteiger partial charge on any atom is -0.476 e. The van der Waals surface area contributed by atoms with Crippen LogP contribution in [0.5, 0.6) is 0 Å². The molecule has 0 heterocycles. The van der Waals surface area contributed by atoms with E-state index in [0.29, 0.717) is 10.0 Å². The van der Waals surface area contributed by atoms with E-state index in [1.165, 1.54) is 11.8 Å². The molecule has 0 aromatic heterocycles. The van der Waals surface area contributed by atoms with Crippen molar-refractivity contribution in [1.82, 2.24) is 5.43 Å². The number of hydrogen-bond donors (Lipinski definition) is 4. The summed E-state index contributed by atoms with van der Waals surface area (Å²) in [7, 11) is 0. The minimum absolute atomic E-state index is 0.141. The quantitative estimate of drug-likeness (QED) is 0.381. The number of carboxylic acid groups (broad SMARTS) is 1. The molecule has 1 aromatic rings. The third kappa shape index (κ3) is 3.15. The van der Waals surface area contributed by atoms with Gasteiger partial charge < -0.3 is 16.3 Å². The van der Waals surface area contributed by atoms with Gasteiger partial charge in [0.05, 0.1) is 15.1 Å². The summed E-state index contributed by atoms with van der Waals surface area (Å²) in [6, 6.07) is 3.69. The second-order valence-electron chi connectivity index (χ2n) is 4.37. The monoisotopic (exact) mass is 333 g/mol. The van der Waals surface area contributed by atoms with E-state index < -0.39 is 5.97 Å². The number of nitrogens with two attached hydrogens (primary N) is 2. The Balaban J connectivity index is 2.14.